The van der Waals surface area contributed by atoms with E-state index in [2.05, 4.69) is 5.32 Å². The summed E-state index contributed by atoms with van der Waals surface area (Å²) in [5.41, 5.74) is 1.15. The van der Waals surface area contributed by atoms with Crippen molar-refractivity contribution in [3.05, 3.63) is 23.8 Å². The van der Waals surface area contributed by atoms with E-state index in [0.717, 1.165) is 17.1 Å². The molecule has 0 bridgehead atoms. The molecule has 1 aliphatic heterocycles. The van der Waals surface area contributed by atoms with Crippen molar-refractivity contribution in [2.24, 2.45) is 5.92 Å². The predicted molar refractivity (Wildman–Crippen MR) is 98.7 cm³/mol. The number of carbonyl (C=O) groups excluding carboxylic acids is 2. The van der Waals surface area contributed by atoms with Gasteiger partial charge in [0.1, 0.15) is 6.04 Å². The first-order valence-electron chi connectivity index (χ1n) is 7.82. The van der Waals surface area contributed by atoms with Crippen LogP contribution < -0.4 is 14.8 Å². The lowest BCUT2D eigenvalue weighted by molar-refractivity contribution is -0.140. The second kappa shape index (κ2) is 8.67. The lowest BCUT2D eigenvalue weighted by Crippen LogP contribution is -2.45. The molecule has 1 aromatic rings. The van der Waals surface area contributed by atoms with E-state index in [1.54, 1.807) is 13.2 Å². The van der Waals surface area contributed by atoms with Crippen molar-refractivity contribution < 1.29 is 19.1 Å². The maximum Gasteiger partial charge on any atom is 0.334 e. The molecule has 0 aliphatic carbocycles. The molecular weight excluding hydrogens is 346 g/mol. The molecule has 5 nitrogen and oxygen atoms in total. The quantitative estimate of drug-likeness (QED) is 0.613. The highest BCUT2D eigenvalue weighted by atomic mass is 32.2. The van der Waals surface area contributed by atoms with Gasteiger partial charge in [-0.05, 0) is 23.6 Å². The highest BCUT2D eigenvalue weighted by Crippen LogP contribution is 2.46. The summed E-state index contributed by atoms with van der Waals surface area (Å²) in [4.78, 5) is 23.7. The highest BCUT2D eigenvalue weighted by molar-refractivity contribution is 8.19. The minimum absolute atomic E-state index is 0.0713. The van der Waals surface area contributed by atoms with E-state index in [4.69, 9.17) is 9.47 Å². The van der Waals surface area contributed by atoms with Crippen LogP contribution in [0.15, 0.2) is 18.2 Å². The molecule has 2 rings (SSSR count). The normalized spacial score (nSPS) is 16.0. The molecule has 1 saturated heterocycles. The zero-order chi connectivity index (χ0) is 17.7. The zero-order valence-electron chi connectivity index (χ0n) is 14.3. The SMILES string of the molecule is COc1cc(C2SCCS2)ccc1OC(=O)C(NC(C)=O)C(C)C. The molecule has 1 aliphatic rings. The van der Waals surface area contributed by atoms with Crippen molar-refractivity contribution in [3.63, 3.8) is 0 Å². The Bertz CT molecular complexity index is 600. The van der Waals surface area contributed by atoms with Crippen molar-refractivity contribution in [3.8, 4) is 11.5 Å². The van der Waals surface area contributed by atoms with Crippen molar-refractivity contribution in [2.75, 3.05) is 18.6 Å². The van der Waals surface area contributed by atoms with Gasteiger partial charge in [0.2, 0.25) is 5.91 Å². The number of amides is 1. The summed E-state index contributed by atoms with van der Waals surface area (Å²) in [6.45, 7) is 5.10. The number of esters is 1. The standard InChI is InChI=1S/C17H23NO4S2/c1-10(2)15(18-11(3)19)16(20)22-13-6-5-12(9-14(13)21-4)17-23-7-8-24-17/h5-6,9-10,15,17H,7-8H2,1-4H3,(H,18,19). The van der Waals surface area contributed by atoms with Crippen LogP contribution in [0.3, 0.4) is 0 Å². The largest absolute Gasteiger partial charge is 0.493 e. The third-order valence-corrected chi connectivity index (χ3v) is 6.68. The molecule has 24 heavy (non-hydrogen) atoms. The third-order valence-electron chi connectivity index (χ3n) is 3.57. The monoisotopic (exact) mass is 369 g/mol. The summed E-state index contributed by atoms with van der Waals surface area (Å²) in [6.07, 6.45) is 0. The van der Waals surface area contributed by atoms with Gasteiger partial charge in [0.05, 0.1) is 11.7 Å². The number of hydrogen-bond donors (Lipinski definition) is 1. The van der Waals surface area contributed by atoms with Gasteiger partial charge in [-0.3, -0.25) is 4.79 Å². The van der Waals surface area contributed by atoms with Crippen LogP contribution in [0.25, 0.3) is 0 Å². The summed E-state index contributed by atoms with van der Waals surface area (Å²) in [7, 11) is 1.55. The number of hydrogen-bond acceptors (Lipinski definition) is 6. The van der Waals surface area contributed by atoms with Gasteiger partial charge in [-0.1, -0.05) is 19.9 Å². The van der Waals surface area contributed by atoms with Crippen LogP contribution in [-0.4, -0.2) is 36.5 Å². The third kappa shape index (κ3) is 4.83. The molecule has 1 atom stereocenters. The minimum atomic E-state index is -0.687. The molecule has 7 heteroatoms. The Morgan fingerprint density at radius 2 is 1.88 bits per heavy atom. The lowest BCUT2D eigenvalue weighted by atomic mass is 10.0. The first-order chi connectivity index (χ1) is 11.4. The van der Waals surface area contributed by atoms with Crippen molar-refractivity contribution in [2.45, 2.75) is 31.4 Å². The maximum absolute atomic E-state index is 12.4. The van der Waals surface area contributed by atoms with E-state index in [1.165, 1.54) is 6.92 Å². The molecule has 1 amide bonds. The van der Waals surface area contributed by atoms with E-state index in [1.807, 2.05) is 49.5 Å². The minimum Gasteiger partial charge on any atom is -0.493 e. The molecular formula is C17H23NO4S2. The fourth-order valence-corrected chi connectivity index (χ4v) is 5.19. The number of methoxy groups -OCH3 is 1. The average molecular weight is 370 g/mol. The van der Waals surface area contributed by atoms with Crippen LogP contribution in [0.5, 0.6) is 11.5 Å². The number of ether oxygens (including phenoxy) is 2. The van der Waals surface area contributed by atoms with Crippen LogP contribution >= 0.6 is 23.5 Å². The van der Waals surface area contributed by atoms with Gasteiger partial charge in [0.15, 0.2) is 11.5 Å². The smallest absolute Gasteiger partial charge is 0.334 e. The van der Waals surface area contributed by atoms with Gasteiger partial charge in [0.25, 0.3) is 0 Å². The second-order valence-electron chi connectivity index (χ2n) is 5.83. The number of rotatable bonds is 6. The van der Waals surface area contributed by atoms with Crippen LogP contribution in [0.2, 0.25) is 0 Å². The van der Waals surface area contributed by atoms with Crippen LogP contribution in [0.1, 0.15) is 30.9 Å². The van der Waals surface area contributed by atoms with E-state index in [0.29, 0.717) is 16.1 Å². The molecule has 0 saturated carbocycles. The Hall–Kier alpha value is -1.34. The fraction of sp³-hybridized carbons (Fsp3) is 0.529. The summed E-state index contributed by atoms with van der Waals surface area (Å²) in [5, 5.41) is 2.63. The number of benzene rings is 1. The Balaban J connectivity index is 2.15. The summed E-state index contributed by atoms with van der Waals surface area (Å²) in [6, 6.07) is 4.95. The number of thioether (sulfide) groups is 2. The molecule has 1 unspecified atom stereocenters. The fourth-order valence-electron chi connectivity index (χ4n) is 2.35. The topological polar surface area (TPSA) is 64.6 Å². The van der Waals surface area contributed by atoms with Gasteiger partial charge in [-0.15, -0.1) is 23.5 Å². The molecule has 0 radical (unpaired) electrons. The van der Waals surface area contributed by atoms with Crippen LogP contribution in [0, 0.1) is 5.92 Å². The Morgan fingerprint density at radius 1 is 1.21 bits per heavy atom. The van der Waals surface area contributed by atoms with Crippen LogP contribution in [0.4, 0.5) is 0 Å². The molecule has 1 N–H and O–H groups in total. The van der Waals surface area contributed by atoms with Crippen molar-refractivity contribution in [1.29, 1.82) is 0 Å². The van der Waals surface area contributed by atoms with Gasteiger partial charge in [-0.25, -0.2) is 4.79 Å². The first-order valence-corrected chi connectivity index (χ1v) is 9.92. The molecule has 1 heterocycles. The molecule has 0 aromatic heterocycles. The van der Waals surface area contributed by atoms with E-state index in [9.17, 15) is 9.59 Å². The van der Waals surface area contributed by atoms with E-state index >= 15 is 0 Å². The van der Waals surface area contributed by atoms with Gasteiger partial charge in [0, 0.05) is 18.4 Å². The molecule has 0 spiro atoms. The van der Waals surface area contributed by atoms with E-state index in [-0.39, 0.29) is 11.8 Å². The first kappa shape index (κ1) is 19.0. The number of carbonyl (C=O) groups is 2. The summed E-state index contributed by atoms with van der Waals surface area (Å²) in [5.74, 6) is 2.36. The van der Waals surface area contributed by atoms with Crippen LogP contribution in [-0.2, 0) is 9.59 Å². The molecule has 1 fully saturated rings. The highest BCUT2D eigenvalue weighted by Gasteiger charge is 2.26. The second-order valence-corrected chi connectivity index (χ2v) is 8.55. The van der Waals surface area contributed by atoms with Crippen molar-refractivity contribution in [1.82, 2.24) is 5.32 Å². The lowest BCUT2D eigenvalue weighted by Gasteiger charge is -2.21. The van der Waals surface area contributed by atoms with Crippen molar-refractivity contribution >= 4 is 35.4 Å². The Morgan fingerprint density at radius 3 is 2.42 bits per heavy atom. The summed E-state index contributed by atoms with van der Waals surface area (Å²) >= 11 is 3.80. The summed E-state index contributed by atoms with van der Waals surface area (Å²) < 4.78 is 11.3. The molecule has 132 valence electrons. The van der Waals surface area contributed by atoms with Gasteiger partial charge in [-0.2, -0.15) is 0 Å². The van der Waals surface area contributed by atoms with E-state index < -0.39 is 12.0 Å². The predicted octanol–water partition coefficient (Wildman–Crippen LogP) is 3.24. The number of nitrogens with one attached hydrogen (secondary N) is 1. The van der Waals surface area contributed by atoms with Gasteiger partial charge < -0.3 is 14.8 Å². The Kier molecular flexibility index (Phi) is 6.86. The Labute approximate surface area is 151 Å². The average Bonchev–Trinajstić information content (AvgIpc) is 3.06. The maximum atomic E-state index is 12.4. The van der Waals surface area contributed by atoms with Gasteiger partial charge >= 0.3 is 5.97 Å². The zero-order valence-corrected chi connectivity index (χ0v) is 16.0. The molecule has 1 aromatic carbocycles.